The zero-order chi connectivity index (χ0) is 25.5. The van der Waals surface area contributed by atoms with Gasteiger partial charge in [-0.25, -0.2) is 0 Å². The van der Waals surface area contributed by atoms with E-state index in [1.54, 1.807) is 0 Å². The molecule has 1 aliphatic carbocycles. The summed E-state index contributed by atoms with van der Waals surface area (Å²) < 4.78 is 6.15. The summed E-state index contributed by atoms with van der Waals surface area (Å²) >= 11 is 0. The van der Waals surface area contributed by atoms with E-state index in [2.05, 4.69) is 56.3 Å². The first-order valence-corrected chi connectivity index (χ1v) is 14.8. The molecule has 36 heavy (non-hydrogen) atoms. The molecule has 196 valence electrons. The summed E-state index contributed by atoms with van der Waals surface area (Å²) in [5.41, 5.74) is 3.39. The van der Waals surface area contributed by atoms with Gasteiger partial charge in [0.05, 0.1) is 23.8 Å². The maximum atomic E-state index is 9.88. The van der Waals surface area contributed by atoms with E-state index in [1.807, 2.05) is 6.20 Å². The van der Waals surface area contributed by atoms with Crippen LogP contribution >= 0.6 is 0 Å². The van der Waals surface area contributed by atoms with Gasteiger partial charge < -0.3 is 4.74 Å². The number of rotatable bonds is 16. The molecule has 0 N–H and O–H groups in total. The number of nitrogens with zero attached hydrogens (tertiary/aromatic N) is 2. The van der Waals surface area contributed by atoms with Crippen molar-refractivity contribution in [3.63, 3.8) is 0 Å². The van der Waals surface area contributed by atoms with Crippen molar-refractivity contribution in [2.45, 2.75) is 117 Å². The van der Waals surface area contributed by atoms with Crippen molar-refractivity contribution in [2.24, 2.45) is 11.3 Å². The lowest BCUT2D eigenvalue weighted by Crippen LogP contribution is -2.28. The minimum Gasteiger partial charge on any atom is -0.493 e. The molecular formula is C33H48N2O. The summed E-state index contributed by atoms with van der Waals surface area (Å²) in [7, 11) is 0. The fourth-order valence-electron chi connectivity index (χ4n) is 5.49. The lowest BCUT2D eigenvalue weighted by Gasteiger charge is -2.35. The number of hydrogen-bond donors (Lipinski definition) is 0. The van der Waals surface area contributed by atoms with E-state index >= 15 is 0 Å². The molecule has 1 aliphatic rings. The molecule has 0 spiro atoms. The lowest BCUT2D eigenvalue weighted by molar-refractivity contribution is 0.144. The summed E-state index contributed by atoms with van der Waals surface area (Å²) in [4.78, 5) is 4.69. The predicted octanol–water partition coefficient (Wildman–Crippen LogP) is 9.70. The van der Waals surface area contributed by atoms with E-state index in [4.69, 9.17) is 9.72 Å². The summed E-state index contributed by atoms with van der Waals surface area (Å²) in [5, 5.41) is 9.88. The monoisotopic (exact) mass is 488 g/mol. The number of unbranched alkanes of at least 4 members (excludes halogenated alkanes) is 8. The Morgan fingerprint density at radius 2 is 1.53 bits per heavy atom. The standard InChI is InChI=1S/C33H48N2O/c1-3-5-7-9-10-12-22-33(27-34)23-20-29(21-24-33)26-36-31-17-15-30(16-18-31)32-19-14-28(25-35-32)13-11-8-6-4-2/h14-19,25,29H,3-13,20-24,26H2,1-2H3/t29-,33-. The van der Waals surface area contributed by atoms with Gasteiger partial charge in [-0.05, 0) is 86.8 Å². The highest BCUT2D eigenvalue weighted by Gasteiger charge is 2.35. The Morgan fingerprint density at radius 1 is 0.861 bits per heavy atom. The number of hydrogen-bond acceptors (Lipinski definition) is 3. The first kappa shape index (κ1) is 28.2. The largest absolute Gasteiger partial charge is 0.493 e. The molecule has 0 saturated heterocycles. The molecule has 0 aliphatic heterocycles. The zero-order valence-electron chi connectivity index (χ0n) is 22.9. The fourth-order valence-corrected chi connectivity index (χ4v) is 5.49. The highest BCUT2D eigenvalue weighted by atomic mass is 16.5. The number of ether oxygens (including phenoxy) is 1. The Bertz CT molecular complexity index is 889. The van der Waals surface area contributed by atoms with Gasteiger partial charge in [0.1, 0.15) is 5.75 Å². The van der Waals surface area contributed by atoms with E-state index in [9.17, 15) is 5.26 Å². The van der Waals surface area contributed by atoms with Crippen molar-refractivity contribution < 1.29 is 4.74 Å². The maximum Gasteiger partial charge on any atom is 0.119 e. The van der Waals surface area contributed by atoms with Crippen molar-refractivity contribution in [3.8, 4) is 23.1 Å². The first-order valence-electron chi connectivity index (χ1n) is 14.8. The third-order valence-corrected chi connectivity index (χ3v) is 8.09. The third-order valence-electron chi connectivity index (χ3n) is 8.09. The highest BCUT2D eigenvalue weighted by Crippen LogP contribution is 2.42. The summed E-state index contributed by atoms with van der Waals surface area (Å²) in [5.74, 6) is 1.48. The molecule has 0 unspecified atom stereocenters. The molecule has 1 aromatic carbocycles. The van der Waals surface area contributed by atoms with Crippen LogP contribution in [0.15, 0.2) is 42.6 Å². The second-order valence-electron chi connectivity index (χ2n) is 11.1. The van der Waals surface area contributed by atoms with Gasteiger partial charge in [-0.3, -0.25) is 4.98 Å². The molecule has 1 aromatic heterocycles. The minimum atomic E-state index is -0.0824. The van der Waals surface area contributed by atoms with Crippen LogP contribution in [0.4, 0.5) is 0 Å². The Morgan fingerprint density at radius 3 is 2.17 bits per heavy atom. The normalized spacial score (nSPS) is 19.6. The van der Waals surface area contributed by atoms with Crippen LogP contribution < -0.4 is 4.74 Å². The van der Waals surface area contributed by atoms with Crippen molar-refractivity contribution >= 4 is 0 Å². The molecule has 3 nitrogen and oxygen atoms in total. The van der Waals surface area contributed by atoms with E-state index in [0.29, 0.717) is 5.92 Å². The van der Waals surface area contributed by atoms with Crippen LogP contribution in [0.2, 0.25) is 0 Å². The second kappa shape index (κ2) is 15.7. The number of aromatic nitrogens is 1. The van der Waals surface area contributed by atoms with E-state index in [0.717, 1.165) is 62.1 Å². The van der Waals surface area contributed by atoms with Gasteiger partial charge in [0.25, 0.3) is 0 Å². The van der Waals surface area contributed by atoms with E-state index < -0.39 is 0 Å². The average molecular weight is 489 g/mol. The molecular weight excluding hydrogens is 440 g/mol. The summed E-state index contributed by atoms with van der Waals surface area (Å²) in [6.45, 7) is 5.26. The van der Waals surface area contributed by atoms with Gasteiger partial charge in [-0.15, -0.1) is 0 Å². The SMILES string of the molecule is CCCCCCCC[C@]1(C#N)CC[C@H](COc2ccc(-c3ccc(CCCCCC)cn3)cc2)CC1. The molecule has 0 atom stereocenters. The third kappa shape index (κ3) is 9.27. The van der Waals surface area contributed by atoms with Crippen LogP contribution in [0, 0.1) is 22.7 Å². The Labute approximate surface area is 220 Å². The predicted molar refractivity (Wildman–Crippen MR) is 151 cm³/mol. The zero-order valence-corrected chi connectivity index (χ0v) is 22.9. The Hall–Kier alpha value is -2.34. The van der Waals surface area contributed by atoms with Crippen LogP contribution in [0.3, 0.4) is 0 Å². The molecule has 2 aromatic rings. The molecule has 0 amide bonds. The van der Waals surface area contributed by atoms with Gasteiger partial charge in [0, 0.05) is 11.8 Å². The van der Waals surface area contributed by atoms with Gasteiger partial charge in [-0.2, -0.15) is 5.26 Å². The fraction of sp³-hybridized carbons (Fsp3) is 0.636. The van der Waals surface area contributed by atoms with E-state index in [-0.39, 0.29) is 5.41 Å². The molecule has 1 heterocycles. The molecule has 3 heteroatoms. The summed E-state index contributed by atoms with van der Waals surface area (Å²) in [6, 6.07) is 15.4. The molecule has 1 saturated carbocycles. The van der Waals surface area contributed by atoms with Gasteiger partial charge in [0.15, 0.2) is 0 Å². The van der Waals surface area contributed by atoms with Gasteiger partial charge in [-0.1, -0.05) is 77.7 Å². The van der Waals surface area contributed by atoms with Crippen molar-refractivity contribution in [1.82, 2.24) is 4.98 Å². The lowest BCUT2D eigenvalue weighted by atomic mass is 9.69. The molecule has 1 fully saturated rings. The van der Waals surface area contributed by atoms with Crippen LogP contribution in [0.1, 0.15) is 116 Å². The minimum absolute atomic E-state index is 0.0824. The Balaban J connectivity index is 1.38. The molecule has 0 radical (unpaired) electrons. The number of aryl methyl sites for hydroxylation is 1. The smallest absolute Gasteiger partial charge is 0.119 e. The van der Waals surface area contributed by atoms with Crippen LogP contribution in [0.25, 0.3) is 11.3 Å². The Kier molecular flexibility index (Phi) is 12.3. The summed E-state index contributed by atoms with van der Waals surface area (Å²) in [6.07, 6.45) is 21.5. The average Bonchev–Trinajstić information content (AvgIpc) is 2.93. The molecule has 3 rings (SSSR count). The van der Waals surface area contributed by atoms with Gasteiger partial charge >= 0.3 is 0 Å². The topological polar surface area (TPSA) is 45.9 Å². The second-order valence-corrected chi connectivity index (χ2v) is 11.1. The van der Waals surface area contributed by atoms with Crippen molar-refractivity contribution in [3.05, 3.63) is 48.2 Å². The van der Waals surface area contributed by atoms with Crippen LogP contribution in [0.5, 0.6) is 5.75 Å². The first-order chi connectivity index (χ1) is 17.7. The van der Waals surface area contributed by atoms with Gasteiger partial charge in [0.2, 0.25) is 0 Å². The van der Waals surface area contributed by atoms with Crippen LogP contribution in [-0.4, -0.2) is 11.6 Å². The molecule has 0 bridgehead atoms. The number of pyridine rings is 1. The van der Waals surface area contributed by atoms with Crippen molar-refractivity contribution in [2.75, 3.05) is 6.61 Å². The van der Waals surface area contributed by atoms with Crippen LogP contribution in [-0.2, 0) is 6.42 Å². The number of nitriles is 1. The highest BCUT2D eigenvalue weighted by molar-refractivity contribution is 5.60. The van der Waals surface area contributed by atoms with Crippen molar-refractivity contribution in [1.29, 1.82) is 5.26 Å². The van der Waals surface area contributed by atoms with E-state index in [1.165, 1.54) is 69.8 Å². The quantitative estimate of drug-likeness (QED) is 0.221. The number of benzene rings is 1. The maximum absolute atomic E-state index is 9.88.